The molecule has 10 heteroatoms. The fraction of sp³-hybridized carbons (Fsp3) is 0.227. The summed E-state index contributed by atoms with van der Waals surface area (Å²) >= 11 is 6.20. The highest BCUT2D eigenvalue weighted by molar-refractivity contribution is 6.33. The third-order valence-corrected chi connectivity index (χ3v) is 5.42. The molecule has 0 atom stereocenters. The molecule has 164 valence electrons. The predicted molar refractivity (Wildman–Crippen MR) is 119 cm³/mol. The summed E-state index contributed by atoms with van der Waals surface area (Å²) in [5.41, 5.74) is 1.38. The summed E-state index contributed by atoms with van der Waals surface area (Å²) in [6, 6.07) is 13.4. The predicted octanol–water partition coefficient (Wildman–Crippen LogP) is 4.69. The highest BCUT2D eigenvalue weighted by Crippen LogP contribution is 2.27. The molecule has 9 nitrogen and oxygen atoms in total. The molecule has 2 aromatic carbocycles. The van der Waals surface area contributed by atoms with Gasteiger partial charge in [-0.15, -0.1) is 10.2 Å². The van der Waals surface area contributed by atoms with Gasteiger partial charge in [-0.2, -0.15) is 0 Å². The lowest BCUT2D eigenvalue weighted by Gasteiger charge is -2.25. The Bertz CT molecular complexity index is 1300. The number of fused-ring (bicyclic) bond motifs is 1. The van der Waals surface area contributed by atoms with Gasteiger partial charge in [-0.05, 0) is 38.1 Å². The lowest BCUT2D eigenvalue weighted by molar-refractivity contribution is -0.384. The molecule has 0 fully saturated rings. The van der Waals surface area contributed by atoms with Crippen LogP contribution in [0.2, 0.25) is 5.02 Å². The van der Waals surface area contributed by atoms with Crippen LogP contribution in [-0.2, 0) is 17.9 Å². The molecule has 4 aromatic rings. The molecule has 0 bridgehead atoms. The Hall–Kier alpha value is -3.72. The van der Waals surface area contributed by atoms with E-state index in [1.54, 1.807) is 39.9 Å². The Balaban J connectivity index is 1.52. The van der Waals surface area contributed by atoms with Crippen LogP contribution in [0.4, 0.5) is 5.69 Å². The van der Waals surface area contributed by atoms with Crippen LogP contribution >= 0.6 is 11.6 Å². The first-order valence-corrected chi connectivity index (χ1v) is 10.3. The molecule has 0 aliphatic heterocycles. The zero-order valence-electron chi connectivity index (χ0n) is 17.4. The number of nitrogens with zero attached hydrogens (tertiary/aromatic N) is 5. The van der Waals surface area contributed by atoms with E-state index in [4.69, 9.17) is 16.0 Å². The number of hydrogen-bond acceptors (Lipinski definition) is 6. The number of rotatable bonds is 7. The van der Waals surface area contributed by atoms with Crippen LogP contribution in [0.1, 0.15) is 19.7 Å². The van der Waals surface area contributed by atoms with Gasteiger partial charge in [-0.25, -0.2) is 0 Å². The summed E-state index contributed by atoms with van der Waals surface area (Å²) in [5, 5.41) is 20.3. The van der Waals surface area contributed by atoms with Crippen LogP contribution in [0.25, 0.3) is 22.4 Å². The molecule has 0 saturated carbocycles. The summed E-state index contributed by atoms with van der Waals surface area (Å²) in [6.45, 7) is 4.03. The second-order valence-corrected chi connectivity index (χ2v) is 7.95. The molecular formula is C22H20ClN5O4. The summed E-state index contributed by atoms with van der Waals surface area (Å²) in [6.07, 6.45) is 1.74. The van der Waals surface area contributed by atoms with E-state index in [1.165, 1.54) is 12.1 Å². The van der Waals surface area contributed by atoms with Crippen LogP contribution in [0.15, 0.2) is 59.1 Å². The monoisotopic (exact) mass is 453 g/mol. The van der Waals surface area contributed by atoms with Crippen molar-refractivity contribution in [2.45, 2.75) is 33.0 Å². The zero-order chi connectivity index (χ0) is 22.8. The number of nitro groups is 1. The van der Waals surface area contributed by atoms with Gasteiger partial charge in [-0.3, -0.25) is 14.9 Å². The summed E-state index contributed by atoms with van der Waals surface area (Å²) in [4.78, 5) is 25.3. The largest absolute Gasteiger partial charge is 0.419 e. The normalized spacial score (nSPS) is 11.2. The van der Waals surface area contributed by atoms with E-state index in [2.05, 4.69) is 10.2 Å². The van der Waals surface area contributed by atoms with Crippen molar-refractivity contribution in [3.05, 3.63) is 75.8 Å². The van der Waals surface area contributed by atoms with Crippen molar-refractivity contribution >= 4 is 34.1 Å². The van der Waals surface area contributed by atoms with Crippen molar-refractivity contribution in [2.24, 2.45) is 0 Å². The van der Waals surface area contributed by atoms with Gasteiger partial charge in [0.05, 0.1) is 22.1 Å². The number of non-ortho nitro benzene ring substituents is 1. The SMILES string of the molecule is CC(C)N(Cc1nnc(-c2ccccc2Cl)o1)C(=O)Cn1ccc2cc([N+](=O)[O-])ccc21. The molecule has 0 radical (unpaired) electrons. The smallest absolute Gasteiger partial charge is 0.270 e. The Labute approximate surface area is 188 Å². The number of hydrogen-bond donors (Lipinski definition) is 0. The molecule has 0 saturated heterocycles. The molecule has 2 aromatic heterocycles. The van der Waals surface area contributed by atoms with Gasteiger partial charge >= 0.3 is 0 Å². The molecule has 0 N–H and O–H groups in total. The maximum Gasteiger partial charge on any atom is 0.270 e. The van der Waals surface area contributed by atoms with Crippen molar-refractivity contribution in [2.75, 3.05) is 0 Å². The van der Waals surface area contributed by atoms with Gasteiger partial charge in [0.15, 0.2) is 0 Å². The minimum atomic E-state index is -0.441. The van der Waals surface area contributed by atoms with E-state index in [-0.39, 0.29) is 30.7 Å². The standard InChI is InChI=1S/C22H20ClN5O4/c1-14(2)27(12-20-24-25-22(32-20)17-5-3-4-6-18(17)23)21(29)13-26-10-9-15-11-16(28(30)31)7-8-19(15)26/h3-11,14H,12-13H2,1-2H3. The van der Waals surface area contributed by atoms with Crippen LogP contribution in [0.5, 0.6) is 0 Å². The average molecular weight is 454 g/mol. The minimum absolute atomic E-state index is 0.0103. The van der Waals surface area contributed by atoms with Gasteiger partial charge in [0.25, 0.3) is 5.69 Å². The number of carbonyl (C=O) groups excluding carboxylic acids is 1. The van der Waals surface area contributed by atoms with E-state index in [1.807, 2.05) is 26.0 Å². The van der Waals surface area contributed by atoms with Crippen molar-refractivity contribution in [3.63, 3.8) is 0 Å². The molecule has 0 spiro atoms. The zero-order valence-corrected chi connectivity index (χ0v) is 18.2. The minimum Gasteiger partial charge on any atom is -0.419 e. The number of aromatic nitrogens is 3. The van der Waals surface area contributed by atoms with Gasteiger partial charge in [0.2, 0.25) is 17.7 Å². The van der Waals surface area contributed by atoms with Crippen LogP contribution in [0.3, 0.4) is 0 Å². The van der Waals surface area contributed by atoms with E-state index in [0.29, 0.717) is 27.8 Å². The number of amides is 1. The molecule has 0 unspecified atom stereocenters. The van der Waals surface area contributed by atoms with E-state index < -0.39 is 4.92 Å². The molecular weight excluding hydrogens is 434 g/mol. The lowest BCUT2D eigenvalue weighted by atomic mass is 10.2. The number of halogens is 1. The van der Waals surface area contributed by atoms with Crippen molar-refractivity contribution < 1.29 is 14.1 Å². The quantitative estimate of drug-likeness (QED) is 0.296. The third kappa shape index (κ3) is 4.33. The highest BCUT2D eigenvalue weighted by Gasteiger charge is 2.22. The topological polar surface area (TPSA) is 107 Å². The fourth-order valence-electron chi connectivity index (χ4n) is 3.44. The second-order valence-electron chi connectivity index (χ2n) is 7.54. The number of benzene rings is 2. The van der Waals surface area contributed by atoms with E-state index >= 15 is 0 Å². The molecule has 0 aliphatic rings. The summed E-state index contributed by atoms with van der Waals surface area (Å²) in [5.74, 6) is 0.447. The van der Waals surface area contributed by atoms with Crippen molar-refractivity contribution in [1.82, 2.24) is 19.7 Å². The van der Waals surface area contributed by atoms with Crippen LogP contribution < -0.4 is 0 Å². The molecule has 4 rings (SSSR count). The Morgan fingerprint density at radius 1 is 1.22 bits per heavy atom. The maximum absolute atomic E-state index is 13.1. The van der Waals surface area contributed by atoms with Crippen LogP contribution in [0, 0.1) is 10.1 Å². The number of carbonyl (C=O) groups is 1. The second kappa shape index (κ2) is 8.80. The van der Waals surface area contributed by atoms with Crippen molar-refractivity contribution in [1.29, 1.82) is 0 Å². The van der Waals surface area contributed by atoms with Gasteiger partial charge in [-0.1, -0.05) is 23.7 Å². The maximum atomic E-state index is 13.1. The number of nitro benzene ring substituents is 1. The highest BCUT2D eigenvalue weighted by atomic mass is 35.5. The first-order chi connectivity index (χ1) is 15.3. The Morgan fingerprint density at radius 2 is 2.00 bits per heavy atom. The van der Waals surface area contributed by atoms with Gasteiger partial charge < -0.3 is 13.9 Å². The van der Waals surface area contributed by atoms with E-state index in [0.717, 1.165) is 5.52 Å². The van der Waals surface area contributed by atoms with Crippen molar-refractivity contribution in [3.8, 4) is 11.5 Å². The van der Waals surface area contributed by atoms with Gasteiger partial charge in [0.1, 0.15) is 6.54 Å². The van der Waals surface area contributed by atoms with Gasteiger partial charge in [0, 0.05) is 35.3 Å². The molecule has 1 amide bonds. The first-order valence-electron chi connectivity index (χ1n) is 9.93. The Morgan fingerprint density at radius 3 is 2.72 bits per heavy atom. The molecule has 2 heterocycles. The molecule has 0 aliphatic carbocycles. The van der Waals surface area contributed by atoms with E-state index in [9.17, 15) is 14.9 Å². The molecule has 32 heavy (non-hydrogen) atoms. The average Bonchev–Trinajstić information content (AvgIpc) is 3.39. The lowest BCUT2D eigenvalue weighted by Crippen LogP contribution is -2.38. The van der Waals surface area contributed by atoms with Crippen LogP contribution in [-0.4, -0.2) is 36.5 Å². The Kier molecular flexibility index (Phi) is 5.91. The first kappa shape index (κ1) is 21.5. The fourth-order valence-corrected chi connectivity index (χ4v) is 3.66. The summed E-state index contributed by atoms with van der Waals surface area (Å²) in [7, 11) is 0. The summed E-state index contributed by atoms with van der Waals surface area (Å²) < 4.78 is 7.51. The third-order valence-electron chi connectivity index (χ3n) is 5.09.